The van der Waals surface area contributed by atoms with Crippen LogP contribution in [-0.4, -0.2) is 313 Å². The Bertz CT molecular complexity index is 6860. The van der Waals surface area contributed by atoms with Crippen molar-refractivity contribution in [2.45, 2.75) is 330 Å². The number of carbonyl (C=O) groups excluding carboxylic acids is 2. The van der Waals surface area contributed by atoms with Gasteiger partial charge >= 0.3 is 53.8 Å². The first-order valence-corrected chi connectivity index (χ1v) is 46.8. The molecule has 0 radical (unpaired) electrons. The fourth-order valence-corrected chi connectivity index (χ4v) is 18.1. The third-order valence-electron chi connectivity index (χ3n) is 23.4. The summed E-state index contributed by atoms with van der Waals surface area (Å²) in [6.45, 7) is 25.2. The number of carbonyl (C=O) groups is 2. The van der Waals surface area contributed by atoms with Crippen molar-refractivity contribution in [1.82, 2.24) is 62.4 Å². The van der Waals surface area contributed by atoms with Crippen LogP contribution in [0.5, 0.6) is 5.75 Å². The molecule has 9 fully saturated rings. The average molecular weight is 2120 g/mol. The van der Waals surface area contributed by atoms with Crippen molar-refractivity contribution in [3.05, 3.63) is 229 Å². The summed E-state index contributed by atoms with van der Waals surface area (Å²) in [7, 11) is -3.05. The summed E-state index contributed by atoms with van der Waals surface area (Å²) in [5.74, 6) is -4.29. The second kappa shape index (κ2) is 46.0. The van der Waals surface area contributed by atoms with Crippen molar-refractivity contribution in [3.8, 4) is 5.75 Å². The number of esters is 2. The van der Waals surface area contributed by atoms with Gasteiger partial charge in [0.05, 0.1) is 52.8 Å². The van der Waals surface area contributed by atoms with Gasteiger partial charge in [0.2, 0.25) is 0 Å². The minimum atomic E-state index is -4.76. The minimum Gasteiger partial charge on any atom is -0.462 e. The first-order chi connectivity index (χ1) is 69.6. The summed E-state index contributed by atoms with van der Waals surface area (Å²) < 4.78 is 160. The number of nitrogens with one attached hydrogen (secondary N) is 7. The SMILES string of the molecule is CC(C)(C)OC(=O)[C@H]1O[C@@H](n2ccc(=O)[nH]c2=O)[C@]2(C)OC(C)(C)O[C@H]12.CC1(C)O[C@@H]2[C@@H](CO)O[C@@H](n3ccc(=O)[nH]c3=O)[C@]2(C)O1.COC(C)(C)C.C[C@@]1(O)[C@H](O)[C@@H](CO)O[C@H]1n1ccc(=O)[nH]c1=O.O.[2H]C([2H])(O)[C@H]1O[C@@H](n2ccc(=O)[nH]c2=O)[C@](C)(O)[C@@H]1O.[2H]C([2H])(O)[C@H]1O[C@@H](n2ccc(=O)[nH]c2=O)[C@]2(C)OC(C)(C)O[C@H]12.[2H]C([2H])(O[P@@](=O)(N[C@@H](C)C(=O)OC(C)C)Oc1ccccc1)[C@H]1O[C@@H](n2ccc(=O)[nH]c2=O)[C@](C)(O)[C@@H]1O. The van der Waals surface area contributed by atoms with E-state index in [0.717, 1.165) is 75.0 Å². The van der Waals surface area contributed by atoms with Crippen LogP contribution in [0.25, 0.3) is 0 Å². The van der Waals surface area contributed by atoms with Crippen LogP contribution in [0.4, 0.5) is 0 Å². The fraction of sp³-hybridized carbons (Fsp3) is 0.644. The highest BCUT2D eigenvalue weighted by molar-refractivity contribution is 7.52. The summed E-state index contributed by atoms with van der Waals surface area (Å²) in [4.78, 5) is 176. The summed E-state index contributed by atoms with van der Waals surface area (Å²) in [5.41, 5.74) is -18.2. The quantitative estimate of drug-likeness (QED) is 0.0254. The zero-order valence-corrected chi connectivity index (χ0v) is 84.8. The molecule has 0 amide bonds. The zero-order valence-electron chi connectivity index (χ0n) is 89.9. The number of aromatic amines is 6. The van der Waals surface area contributed by atoms with E-state index in [1.165, 1.54) is 65.8 Å². The van der Waals surface area contributed by atoms with Crippen LogP contribution in [-0.2, 0) is 89.7 Å². The molecule has 1 aromatic carbocycles. The Hall–Kier alpha value is -10.8. The molecule has 19 N–H and O–H groups in total. The van der Waals surface area contributed by atoms with E-state index in [-0.39, 0.29) is 23.4 Å². The maximum absolute atomic E-state index is 13.8. The molecule has 0 unspecified atom stereocenters. The van der Waals surface area contributed by atoms with E-state index in [1.54, 1.807) is 122 Å². The molecule has 6 aromatic heterocycles. The van der Waals surface area contributed by atoms with Crippen LogP contribution < -0.4 is 77.1 Å². The van der Waals surface area contributed by atoms with Crippen LogP contribution in [0.1, 0.15) is 191 Å². The van der Waals surface area contributed by atoms with Crippen molar-refractivity contribution in [2.75, 3.05) is 40.0 Å². The number of aromatic nitrogens is 12. The molecule has 26 atom stereocenters. The molecule has 56 nitrogen and oxygen atoms in total. The van der Waals surface area contributed by atoms with Crippen LogP contribution >= 0.6 is 7.75 Å². The van der Waals surface area contributed by atoms with E-state index in [9.17, 15) is 118 Å². The van der Waals surface area contributed by atoms with Gasteiger partial charge in [0.15, 0.2) is 60.8 Å². The predicted molar refractivity (Wildman–Crippen MR) is 506 cm³/mol. The fourth-order valence-electron chi connectivity index (χ4n) is 16.7. The number of fused-ring (bicyclic) bond motifs is 3. The lowest BCUT2D eigenvalue weighted by Gasteiger charge is -2.30. The first-order valence-electron chi connectivity index (χ1n) is 48.2. The van der Waals surface area contributed by atoms with Crippen LogP contribution in [0.2, 0.25) is 0 Å². The van der Waals surface area contributed by atoms with Crippen molar-refractivity contribution < 1.29 is 159 Å². The first kappa shape index (κ1) is 110. The second-order valence-corrected chi connectivity index (χ2v) is 41.0. The monoisotopic (exact) mass is 2120 g/mol. The van der Waals surface area contributed by atoms with Crippen molar-refractivity contribution in [3.63, 3.8) is 0 Å². The van der Waals surface area contributed by atoms with Gasteiger partial charge in [-0.25, -0.2) is 38.1 Å². The van der Waals surface area contributed by atoms with Crippen molar-refractivity contribution in [2.24, 2.45) is 0 Å². The third kappa shape index (κ3) is 27.4. The number of hydrogen-bond donors (Lipinski definition) is 17. The largest absolute Gasteiger partial charge is 0.462 e. The van der Waals surface area contributed by atoms with Gasteiger partial charge in [-0.2, -0.15) is 5.09 Å². The predicted octanol–water partition coefficient (Wildman–Crippen LogP) is -4.28. The summed E-state index contributed by atoms with van der Waals surface area (Å²) in [5, 5.41) is 102. The second-order valence-electron chi connectivity index (χ2n) is 39.4. The summed E-state index contributed by atoms with van der Waals surface area (Å²) in [6.07, 6.45) is -15.8. The van der Waals surface area contributed by atoms with Crippen LogP contribution in [0.3, 0.4) is 0 Å². The molecule has 9 aliphatic rings. The topological polar surface area (TPSA) is 783 Å². The van der Waals surface area contributed by atoms with Gasteiger partial charge in [0.1, 0.15) is 118 Å². The lowest BCUT2D eigenvalue weighted by atomic mass is 9.96. The number of rotatable bonds is 20. The maximum Gasteiger partial charge on any atom is 0.459 e. The van der Waals surface area contributed by atoms with Gasteiger partial charge in [-0.05, 0) is 158 Å². The van der Waals surface area contributed by atoms with E-state index < -0.39 is 293 Å². The summed E-state index contributed by atoms with van der Waals surface area (Å²) >= 11 is 0. The van der Waals surface area contributed by atoms with E-state index in [4.69, 9.17) is 93.4 Å². The molecule has 0 aliphatic carbocycles. The lowest BCUT2D eigenvalue weighted by molar-refractivity contribution is -0.221. The number of nitrogens with zero attached hydrogens (tertiary/aromatic N) is 6. The van der Waals surface area contributed by atoms with Crippen LogP contribution in [0.15, 0.2) is 161 Å². The molecule has 820 valence electrons. The highest BCUT2D eigenvalue weighted by Crippen LogP contribution is 2.55. The molecule has 9 saturated heterocycles. The minimum absolute atomic E-state index is 0. The number of H-pyrrole nitrogens is 6. The van der Waals surface area contributed by atoms with Gasteiger partial charge in [0, 0.05) is 80.7 Å². The number of methoxy groups -OCH3 is 1. The molecule has 0 spiro atoms. The number of para-hydroxylation sites is 1. The molecule has 147 heavy (non-hydrogen) atoms. The Balaban J connectivity index is 0.000000204. The number of aliphatic hydroxyl groups excluding tert-OH is 5. The Morgan fingerprint density at radius 3 is 1.04 bits per heavy atom. The van der Waals surface area contributed by atoms with Gasteiger partial charge in [-0.15, -0.1) is 0 Å². The molecule has 15 heterocycles. The number of aliphatic hydroxyl groups is 10. The van der Waals surface area contributed by atoms with Gasteiger partial charge in [0.25, 0.3) is 33.4 Å². The lowest BCUT2D eigenvalue weighted by Crippen LogP contribution is -2.47. The maximum atomic E-state index is 13.8. The molecule has 0 bridgehead atoms. The standard InChI is InChI=1S/C22H30N3O10P.C17H24N2O7.2C13H18N2O6.2C10H14N2O6.C5H12O.H2O/c1-13(2)33-19(28)14(3)24-36(31,35-15-8-6-5-7-9-15)32-12-16-18(27)22(4,30)20(34-16)25-11-10-17(26)23-21(25)29;1-15(2,3)25-12(21)10-11-17(6,26-16(4,5)24-11)13(23-10)19-8-7-9(20)18-14(19)22;2*1-12(2)20-9-7(6-16)19-10(13(9,3)21-12)15-5-4-8(17)14-11(15)18;2*1-10(17)7(15)5(4-13)18-8(10)12-3-2-6(14)11-9(12)16;1-5(2,3)6-4;/h5-11,13-14,16,18,20,27,30H,12H2,1-4H3,(H,24,31)(H,23,26,29);7-8,10-11,13H,1-6H3,(H,18,20,22);2*4-5,7,9-10,16H,6H2,1-3H3,(H,14,17,18);2*2-3,5,7-8,13,15,17H,4H2,1H3,(H,11,14,16);1-4H3;1H2/t14-,16+,18+,20+,22+,36-;10-,11+,13+,17+;2*7-,9-,10-,13-;2*5-,7-,8-,10-;;/m001111../s1/i12D2;;6D2;;4D2;;;. The Kier molecular flexibility index (Phi) is 34.5. The van der Waals surface area contributed by atoms with E-state index >= 15 is 0 Å². The molecular weight excluding hydrogens is 1980 g/mol. The van der Waals surface area contributed by atoms with E-state index in [0.29, 0.717) is 0 Å². The average Bonchev–Trinajstić information content (AvgIpc) is 1.56. The van der Waals surface area contributed by atoms with Crippen molar-refractivity contribution >= 4 is 19.7 Å². The van der Waals surface area contributed by atoms with Gasteiger partial charge in [-0.1, -0.05) is 18.2 Å². The Labute approximate surface area is 843 Å². The third-order valence-corrected chi connectivity index (χ3v) is 24.9. The highest BCUT2D eigenvalue weighted by atomic mass is 31.2. The zero-order chi connectivity index (χ0) is 115. The molecular formula is C90H132N13O43P. The Morgan fingerprint density at radius 1 is 0.435 bits per heavy atom. The number of hydrogen-bond acceptors (Lipinski definition) is 42. The molecule has 57 heteroatoms. The highest BCUT2D eigenvalue weighted by Gasteiger charge is 2.69. The van der Waals surface area contributed by atoms with Crippen LogP contribution in [0, 0.1) is 0 Å². The van der Waals surface area contributed by atoms with Gasteiger partial charge in [-0.3, -0.25) is 95.4 Å². The normalized spacial score (nSPS) is 33.2. The summed E-state index contributed by atoms with van der Waals surface area (Å²) in [6, 6.07) is 12.9. The number of ether oxygens (including phenoxy) is 15. The van der Waals surface area contributed by atoms with E-state index in [2.05, 4.69) is 20.0 Å². The molecule has 16 rings (SSSR count). The van der Waals surface area contributed by atoms with E-state index in [1.807, 2.05) is 35.7 Å². The molecule has 0 saturated carbocycles. The molecule has 7 aromatic rings. The smallest absolute Gasteiger partial charge is 0.459 e. The Morgan fingerprint density at radius 2 is 0.728 bits per heavy atom. The van der Waals surface area contributed by atoms with Crippen molar-refractivity contribution in [1.29, 1.82) is 0 Å². The molecule has 9 aliphatic heterocycles. The van der Waals surface area contributed by atoms with Gasteiger partial charge < -0.3 is 132 Å². The number of benzene rings is 1.